The first-order chi connectivity index (χ1) is 14.5. The molecule has 0 spiro atoms. The van der Waals surface area contributed by atoms with Crippen molar-refractivity contribution in [3.05, 3.63) is 94.6 Å². The molecule has 3 aromatic rings. The first-order valence-corrected chi connectivity index (χ1v) is 9.68. The lowest BCUT2D eigenvalue weighted by Crippen LogP contribution is -2.19. The second-order valence-electron chi connectivity index (χ2n) is 6.96. The van der Waals surface area contributed by atoms with E-state index in [9.17, 15) is 15.0 Å². The van der Waals surface area contributed by atoms with Crippen LogP contribution in [0.5, 0.6) is 5.75 Å². The number of anilines is 1. The van der Waals surface area contributed by atoms with Gasteiger partial charge < -0.3 is 24.8 Å². The highest BCUT2D eigenvalue weighted by atomic mass is 16.5. The predicted octanol–water partition coefficient (Wildman–Crippen LogP) is 4.09. The van der Waals surface area contributed by atoms with E-state index in [4.69, 9.17) is 4.74 Å². The Labute approximate surface area is 175 Å². The van der Waals surface area contributed by atoms with Gasteiger partial charge in [0.25, 0.3) is 0 Å². The topological polar surface area (TPSA) is 83.7 Å². The van der Waals surface area contributed by atoms with Crippen molar-refractivity contribution in [2.24, 2.45) is 0 Å². The minimum absolute atomic E-state index is 0.0608. The van der Waals surface area contributed by atoms with Crippen molar-refractivity contribution in [2.75, 3.05) is 12.4 Å². The van der Waals surface area contributed by atoms with E-state index in [0.717, 1.165) is 28.3 Å². The van der Waals surface area contributed by atoms with E-state index < -0.39 is 0 Å². The zero-order valence-electron chi connectivity index (χ0n) is 17.0. The molecular formula is C24H26N2O4. The molecule has 2 aromatic carbocycles. The Morgan fingerprint density at radius 1 is 1.03 bits per heavy atom. The number of rotatable bonds is 9. The van der Waals surface area contributed by atoms with Crippen LogP contribution in [0.4, 0.5) is 5.69 Å². The summed E-state index contributed by atoms with van der Waals surface area (Å²) in [6.07, 6.45) is 0.347. The molecule has 6 heteroatoms. The Kier molecular flexibility index (Phi) is 6.93. The van der Waals surface area contributed by atoms with Crippen LogP contribution in [0.1, 0.15) is 17.8 Å². The Morgan fingerprint density at radius 3 is 2.20 bits per heavy atom. The van der Waals surface area contributed by atoms with Gasteiger partial charge in [0.05, 0.1) is 26.0 Å². The molecule has 0 bridgehead atoms. The molecule has 0 atom stereocenters. The van der Waals surface area contributed by atoms with Gasteiger partial charge in [-0.25, -0.2) is 0 Å². The molecule has 0 saturated heterocycles. The van der Waals surface area contributed by atoms with Crippen molar-refractivity contribution in [2.45, 2.75) is 26.1 Å². The fraction of sp³-hybridized carbons (Fsp3) is 0.208. The van der Waals surface area contributed by atoms with Crippen molar-refractivity contribution in [3.63, 3.8) is 0 Å². The van der Waals surface area contributed by atoms with Crippen LogP contribution in [0.3, 0.4) is 0 Å². The van der Waals surface area contributed by atoms with E-state index in [1.54, 1.807) is 7.11 Å². The van der Waals surface area contributed by atoms with E-state index in [1.807, 2.05) is 53.1 Å². The summed E-state index contributed by atoms with van der Waals surface area (Å²) in [5.41, 5.74) is 4.17. The summed E-state index contributed by atoms with van der Waals surface area (Å²) < 4.78 is 7.03. The molecule has 0 unspecified atom stereocenters. The molecule has 6 nitrogen and oxygen atoms in total. The summed E-state index contributed by atoms with van der Waals surface area (Å²) in [6.45, 7) is 4.09. The first-order valence-electron chi connectivity index (χ1n) is 9.68. The van der Waals surface area contributed by atoms with Crippen molar-refractivity contribution in [3.8, 4) is 16.9 Å². The highest BCUT2D eigenvalue weighted by Gasteiger charge is 2.09. The smallest absolute Gasteiger partial charge is 0.182 e. The van der Waals surface area contributed by atoms with Crippen LogP contribution in [0.25, 0.3) is 11.1 Å². The molecule has 0 fully saturated rings. The third-order valence-corrected chi connectivity index (χ3v) is 4.88. The zero-order chi connectivity index (χ0) is 21.5. The number of ether oxygens (including phenoxy) is 1. The number of aliphatic hydroxyl groups excluding tert-OH is 2. The summed E-state index contributed by atoms with van der Waals surface area (Å²) >= 11 is 0. The van der Waals surface area contributed by atoms with Crippen molar-refractivity contribution in [1.29, 1.82) is 0 Å². The molecule has 30 heavy (non-hydrogen) atoms. The summed E-state index contributed by atoms with van der Waals surface area (Å²) in [7, 11) is 1.64. The van der Waals surface area contributed by atoms with E-state index >= 15 is 0 Å². The molecule has 1 aromatic heterocycles. The number of nitrogens with zero attached hydrogens (tertiary/aromatic N) is 1. The Morgan fingerprint density at radius 2 is 1.63 bits per heavy atom. The summed E-state index contributed by atoms with van der Waals surface area (Å²) in [4.78, 5) is 12.0. The Hall–Kier alpha value is -3.51. The van der Waals surface area contributed by atoms with Crippen LogP contribution in [-0.2, 0) is 19.7 Å². The second kappa shape index (κ2) is 9.80. The fourth-order valence-electron chi connectivity index (χ4n) is 3.27. The number of benzene rings is 2. The molecule has 0 amide bonds. The van der Waals surface area contributed by atoms with E-state index in [1.165, 1.54) is 12.1 Å². The number of hydrogen-bond donors (Lipinski definition) is 3. The molecular weight excluding hydrogens is 380 g/mol. The third kappa shape index (κ3) is 5.30. The lowest BCUT2D eigenvalue weighted by molar-refractivity contribution is 0.267. The van der Waals surface area contributed by atoms with Crippen LogP contribution < -0.4 is 15.5 Å². The summed E-state index contributed by atoms with van der Waals surface area (Å²) in [5.74, 6) is 0.878. The molecule has 0 saturated carbocycles. The fourth-order valence-corrected chi connectivity index (χ4v) is 3.27. The van der Waals surface area contributed by atoms with Crippen molar-refractivity contribution >= 4 is 5.69 Å². The van der Waals surface area contributed by atoms with E-state index in [2.05, 4.69) is 11.9 Å². The Bertz CT molecular complexity index is 1050. The minimum atomic E-state index is -0.252. The molecule has 0 aliphatic heterocycles. The zero-order valence-corrected chi connectivity index (χ0v) is 17.0. The number of nitrogens with one attached hydrogen (secondary N) is 1. The average Bonchev–Trinajstić information content (AvgIpc) is 2.76. The van der Waals surface area contributed by atoms with Crippen molar-refractivity contribution in [1.82, 2.24) is 4.57 Å². The van der Waals surface area contributed by atoms with Gasteiger partial charge in [0, 0.05) is 42.2 Å². The number of methoxy groups -OCH3 is 1. The number of hydrogen-bond acceptors (Lipinski definition) is 5. The molecule has 0 radical (unpaired) electrons. The predicted molar refractivity (Wildman–Crippen MR) is 119 cm³/mol. The van der Waals surface area contributed by atoms with Gasteiger partial charge in [0.2, 0.25) is 0 Å². The molecule has 0 aliphatic carbocycles. The lowest BCUT2D eigenvalue weighted by atomic mass is 10.1. The van der Waals surface area contributed by atoms with Gasteiger partial charge in [-0.3, -0.25) is 4.79 Å². The largest absolute Gasteiger partial charge is 0.513 e. The van der Waals surface area contributed by atoms with Gasteiger partial charge >= 0.3 is 0 Å². The van der Waals surface area contributed by atoms with Crippen LogP contribution >= 0.6 is 0 Å². The van der Waals surface area contributed by atoms with Gasteiger partial charge in [-0.05, 0) is 35.4 Å². The molecule has 3 rings (SSSR count). The molecule has 0 aliphatic rings. The summed E-state index contributed by atoms with van der Waals surface area (Å²) in [5, 5.41) is 22.4. The molecule has 156 valence electrons. The maximum absolute atomic E-state index is 12.0. The summed E-state index contributed by atoms with van der Waals surface area (Å²) in [6, 6.07) is 18.8. The maximum Gasteiger partial charge on any atom is 0.182 e. The van der Waals surface area contributed by atoms with Crippen LogP contribution in [0, 0.1) is 0 Å². The van der Waals surface area contributed by atoms with E-state index in [-0.39, 0.29) is 17.8 Å². The van der Waals surface area contributed by atoms with Gasteiger partial charge in [0.15, 0.2) is 5.43 Å². The minimum Gasteiger partial charge on any atom is -0.513 e. The SMILES string of the molecule is C=C(O)CCn1c(CO)cc(=O)cc1CNc1ccc(-c2ccc(OC)cc2)cc1. The lowest BCUT2D eigenvalue weighted by Gasteiger charge is -2.18. The van der Waals surface area contributed by atoms with Crippen LogP contribution in [-0.4, -0.2) is 21.9 Å². The number of aliphatic hydroxyl groups is 2. The van der Waals surface area contributed by atoms with Crippen LogP contribution in [0.2, 0.25) is 0 Å². The number of allylic oxidation sites excluding steroid dienone is 1. The quantitative estimate of drug-likeness (QED) is 0.466. The monoisotopic (exact) mass is 406 g/mol. The third-order valence-electron chi connectivity index (χ3n) is 4.88. The second-order valence-corrected chi connectivity index (χ2v) is 6.96. The van der Waals surface area contributed by atoms with Gasteiger partial charge in [-0.2, -0.15) is 0 Å². The first kappa shape index (κ1) is 21.2. The van der Waals surface area contributed by atoms with Gasteiger partial charge in [0.1, 0.15) is 5.75 Å². The normalized spacial score (nSPS) is 10.6. The molecule has 3 N–H and O–H groups in total. The maximum atomic E-state index is 12.0. The highest BCUT2D eigenvalue weighted by Crippen LogP contribution is 2.24. The van der Waals surface area contributed by atoms with Crippen molar-refractivity contribution < 1.29 is 14.9 Å². The highest BCUT2D eigenvalue weighted by molar-refractivity contribution is 5.66. The van der Waals surface area contributed by atoms with E-state index in [0.29, 0.717) is 25.2 Å². The number of pyridine rings is 1. The standard InChI is InChI=1S/C24H26N2O4/c1-17(28)11-12-26-21(13-23(29)14-22(26)16-27)15-25-20-7-3-18(4-8-20)19-5-9-24(30-2)10-6-19/h3-10,13-14,25,27-28H,1,11-12,15-16H2,2H3. The van der Waals surface area contributed by atoms with Gasteiger partial charge in [-0.1, -0.05) is 30.8 Å². The number of aromatic nitrogens is 1. The molecule has 1 heterocycles. The van der Waals surface area contributed by atoms with Crippen LogP contribution in [0.15, 0.2) is 77.8 Å². The average molecular weight is 406 g/mol. The Balaban J connectivity index is 1.75. The van der Waals surface area contributed by atoms with Gasteiger partial charge in [-0.15, -0.1) is 0 Å².